The molecule has 0 amide bonds. The summed E-state index contributed by atoms with van der Waals surface area (Å²) in [7, 11) is 0. The lowest BCUT2D eigenvalue weighted by atomic mass is 10.1. The van der Waals surface area contributed by atoms with Gasteiger partial charge in [-0.25, -0.2) is 4.98 Å². The van der Waals surface area contributed by atoms with Gasteiger partial charge in [0.05, 0.1) is 0 Å². The Labute approximate surface area is 105 Å². The topological polar surface area (TPSA) is 42.1 Å². The highest BCUT2D eigenvalue weighted by Gasteiger charge is 2.17. The quantitative estimate of drug-likeness (QED) is 0.822. The van der Waals surface area contributed by atoms with Crippen LogP contribution in [0.3, 0.4) is 0 Å². The molecule has 0 unspecified atom stereocenters. The van der Waals surface area contributed by atoms with E-state index >= 15 is 0 Å². The van der Waals surface area contributed by atoms with Crippen molar-refractivity contribution in [1.82, 2.24) is 4.98 Å². The molecule has 0 spiro atoms. The van der Waals surface area contributed by atoms with Crippen LogP contribution in [0.4, 0.5) is 11.6 Å². The monoisotopic (exact) mass is 235 g/mol. The third-order valence-electron chi connectivity index (χ3n) is 3.00. The van der Waals surface area contributed by atoms with Crippen molar-refractivity contribution in [2.45, 2.75) is 46.6 Å². The predicted octanol–water partition coefficient (Wildman–Crippen LogP) is 3.31. The SMILES string of the molecule is CCC(CC)N(CC(C)C)c1cccc(N)n1. The minimum atomic E-state index is 0.548. The Morgan fingerprint density at radius 1 is 1.24 bits per heavy atom. The minimum absolute atomic E-state index is 0.548. The van der Waals surface area contributed by atoms with Gasteiger partial charge in [0, 0.05) is 12.6 Å². The largest absolute Gasteiger partial charge is 0.384 e. The number of hydrogen-bond donors (Lipinski definition) is 1. The highest BCUT2D eigenvalue weighted by atomic mass is 15.2. The van der Waals surface area contributed by atoms with Gasteiger partial charge in [0.1, 0.15) is 11.6 Å². The molecule has 96 valence electrons. The molecule has 1 aromatic heterocycles. The molecule has 1 aromatic rings. The fraction of sp³-hybridized carbons (Fsp3) is 0.643. The van der Waals surface area contributed by atoms with Crippen LogP contribution >= 0.6 is 0 Å². The van der Waals surface area contributed by atoms with Crippen LogP contribution < -0.4 is 10.6 Å². The van der Waals surface area contributed by atoms with Gasteiger partial charge in [-0.3, -0.25) is 0 Å². The summed E-state index contributed by atoms with van der Waals surface area (Å²) in [6, 6.07) is 6.42. The Morgan fingerprint density at radius 3 is 2.35 bits per heavy atom. The van der Waals surface area contributed by atoms with Crippen molar-refractivity contribution in [3.05, 3.63) is 18.2 Å². The van der Waals surface area contributed by atoms with Crippen LogP contribution in [0.1, 0.15) is 40.5 Å². The standard InChI is InChI=1S/C14H25N3/c1-5-12(6-2)17(10-11(3)4)14-9-7-8-13(15)16-14/h7-9,11-12H,5-6,10H2,1-4H3,(H2,15,16). The molecule has 0 saturated heterocycles. The molecule has 0 bridgehead atoms. The minimum Gasteiger partial charge on any atom is -0.384 e. The van der Waals surface area contributed by atoms with Gasteiger partial charge in [-0.05, 0) is 30.9 Å². The second-order valence-electron chi connectivity index (χ2n) is 4.94. The molecular formula is C14H25N3. The number of nitrogens with zero attached hydrogens (tertiary/aromatic N) is 2. The van der Waals surface area contributed by atoms with E-state index < -0.39 is 0 Å². The van der Waals surface area contributed by atoms with Crippen molar-refractivity contribution < 1.29 is 0 Å². The average Bonchev–Trinajstić information content (AvgIpc) is 2.29. The summed E-state index contributed by atoms with van der Waals surface area (Å²) in [6.45, 7) is 9.97. The first kappa shape index (κ1) is 13.8. The number of pyridine rings is 1. The second kappa shape index (κ2) is 6.48. The molecule has 2 N–H and O–H groups in total. The lowest BCUT2D eigenvalue weighted by Crippen LogP contribution is -2.38. The van der Waals surface area contributed by atoms with Gasteiger partial charge >= 0.3 is 0 Å². The highest BCUT2D eigenvalue weighted by molar-refractivity contribution is 5.45. The van der Waals surface area contributed by atoms with E-state index in [9.17, 15) is 0 Å². The number of anilines is 2. The number of nitrogen functional groups attached to an aromatic ring is 1. The lowest BCUT2D eigenvalue weighted by molar-refractivity contribution is 0.503. The highest BCUT2D eigenvalue weighted by Crippen LogP contribution is 2.20. The van der Waals surface area contributed by atoms with E-state index in [2.05, 4.69) is 43.6 Å². The Balaban J connectivity index is 2.96. The molecule has 0 atom stereocenters. The zero-order valence-electron chi connectivity index (χ0n) is 11.5. The summed E-state index contributed by atoms with van der Waals surface area (Å²) in [5.74, 6) is 2.23. The van der Waals surface area contributed by atoms with Gasteiger partial charge in [-0.1, -0.05) is 33.8 Å². The van der Waals surface area contributed by atoms with Crippen LogP contribution in [0.2, 0.25) is 0 Å². The van der Waals surface area contributed by atoms with Crippen molar-refractivity contribution in [2.75, 3.05) is 17.2 Å². The Morgan fingerprint density at radius 2 is 1.88 bits per heavy atom. The maximum absolute atomic E-state index is 5.77. The average molecular weight is 235 g/mol. The van der Waals surface area contributed by atoms with E-state index in [0.29, 0.717) is 17.8 Å². The van der Waals surface area contributed by atoms with Gasteiger partial charge in [0.25, 0.3) is 0 Å². The van der Waals surface area contributed by atoms with Crippen molar-refractivity contribution in [3.8, 4) is 0 Å². The van der Waals surface area contributed by atoms with Crippen LogP contribution in [0.15, 0.2) is 18.2 Å². The summed E-state index contributed by atoms with van der Waals surface area (Å²) in [6.07, 6.45) is 2.28. The Hall–Kier alpha value is -1.25. The molecule has 1 heterocycles. The summed E-state index contributed by atoms with van der Waals surface area (Å²) in [4.78, 5) is 6.84. The zero-order chi connectivity index (χ0) is 12.8. The van der Waals surface area contributed by atoms with Crippen LogP contribution in [0.25, 0.3) is 0 Å². The van der Waals surface area contributed by atoms with Crippen LogP contribution in [0, 0.1) is 5.92 Å². The third-order valence-corrected chi connectivity index (χ3v) is 3.00. The van der Waals surface area contributed by atoms with E-state index in [1.54, 1.807) is 0 Å². The lowest BCUT2D eigenvalue weighted by Gasteiger charge is -2.33. The molecule has 0 aliphatic carbocycles. The van der Waals surface area contributed by atoms with E-state index in [-0.39, 0.29) is 0 Å². The summed E-state index contributed by atoms with van der Waals surface area (Å²) in [5.41, 5.74) is 5.77. The van der Waals surface area contributed by atoms with E-state index in [4.69, 9.17) is 5.73 Å². The maximum atomic E-state index is 5.77. The maximum Gasteiger partial charge on any atom is 0.131 e. The summed E-state index contributed by atoms with van der Waals surface area (Å²) >= 11 is 0. The molecule has 0 radical (unpaired) electrons. The molecule has 17 heavy (non-hydrogen) atoms. The molecule has 0 aliphatic rings. The summed E-state index contributed by atoms with van der Waals surface area (Å²) < 4.78 is 0. The Kier molecular flexibility index (Phi) is 5.26. The van der Waals surface area contributed by atoms with Gasteiger partial charge in [-0.15, -0.1) is 0 Å². The molecule has 1 rings (SSSR count). The van der Waals surface area contributed by atoms with E-state index in [1.165, 1.54) is 0 Å². The number of nitrogens with two attached hydrogens (primary N) is 1. The van der Waals surface area contributed by atoms with Crippen molar-refractivity contribution in [3.63, 3.8) is 0 Å². The molecule has 3 heteroatoms. The molecule has 3 nitrogen and oxygen atoms in total. The molecule has 0 aliphatic heterocycles. The van der Waals surface area contributed by atoms with Crippen LogP contribution in [0.5, 0.6) is 0 Å². The molecule has 0 saturated carbocycles. The van der Waals surface area contributed by atoms with E-state index in [1.807, 2.05) is 12.1 Å². The van der Waals surface area contributed by atoms with Crippen molar-refractivity contribution in [2.24, 2.45) is 5.92 Å². The van der Waals surface area contributed by atoms with Crippen molar-refractivity contribution >= 4 is 11.6 Å². The van der Waals surface area contributed by atoms with Gasteiger partial charge in [0.15, 0.2) is 0 Å². The second-order valence-corrected chi connectivity index (χ2v) is 4.94. The summed E-state index contributed by atoms with van der Waals surface area (Å²) in [5, 5.41) is 0. The van der Waals surface area contributed by atoms with Crippen LogP contribution in [-0.2, 0) is 0 Å². The molecular weight excluding hydrogens is 210 g/mol. The Bertz CT molecular complexity index is 332. The fourth-order valence-corrected chi connectivity index (χ4v) is 2.15. The van der Waals surface area contributed by atoms with Gasteiger partial charge in [-0.2, -0.15) is 0 Å². The van der Waals surface area contributed by atoms with E-state index in [0.717, 1.165) is 25.2 Å². The predicted molar refractivity (Wildman–Crippen MR) is 75.2 cm³/mol. The van der Waals surface area contributed by atoms with Crippen LogP contribution in [-0.4, -0.2) is 17.6 Å². The van der Waals surface area contributed by atoms with Gasteiger partial charge in [0.2, 0.25) is 0 Å². The molecule has 0 fully saturated rings. The zero-order valence-corrected chi connectivity index (χ0v) is 11.5. The number of aromatic nitrogens is 1. The van der Waals surface area contributed by atoms with Crippen molar-refractivity contribution in [1.29, 1.82) is 0 Å². The van der Waals surface area contributed by atoms with Gasteiger partial charge < -0.3 is 10.6 Å². The third kappa shape index (κ3) is 3.91. The number of rotatable bonds is 6. The first-order valence-corrected chi connectivity index (χ1v) is 6.57. The smallest absolute Gasteiger partial charge is 0.131 e. The first-order valence-electron chi connectivity index (χ1n) is 6.57. The first-order chi connectivity index (χ1) is 8.08. The fourth-order valence-electron chi connectivity index (χ4n) is 2.15. The molecule has 0 aromatic carbocycles. The normalized spacial score (nSPS) is 11.2. The number of hydrogen-bond acceptors (Lipinski definition) is 3.